The molecule has 1 aliphatic rings. The maximum absolute atomic E-state index is 13.3. The van der Waals surface area contributed by atoms with E-state index in [-0.39, 0.29) is 23.6 Å². The summed E-state index contributed by atoms with van der Waals surface area (Å²) < 4.78 is 32.2. The zero-order chi connectivity index (χ0) is 17.8. The molecule has 132 valence electrons. The van der Waals surface area contributed by atoms with Crippen molar-refractivity contribution in [3.8, 4) is 11.5 Å². The zero-order valence-electron chi connectivity index (χ0n) is 13.7. The van der Waals surface area contributed by atoms with Crippen molar-refractivity contribution in [3.05, 3.63) is 54.1 Å². The van der Waals surface area contributed by atoms with Crippen LogP contribution in [0.3, 0.4) is 0 Å². The molecule has 1 aliphatic carbocycles. The number of nitrogens with two attached hydrogens (primary N) is 1. The molecule has 0 heterocycles. The number of carbonyl (C=O) groups excluding carboxylic acids is 1. The van der Waals surface area contributed by atoms with Crippen molar-refractivity contribution in [2.45, 2.75) is 31.7 Å². The van der Waals surface area contributed by atoms with Crippen LogP contribution >= 0.6 is 0 Å². The molecule has 0 unspecified atom stereocenters. The van der Waals surface area contributed by atoms with Crippen LogP contribution in [0.1, 0.15) is 25.7 Å². The predicted octanol–water partition coefficient (Wildman–Crippen LogP) is 4.21. The number of rotatable bonds is 5. The summed E-state index contributed by atoms with van der Waals surface area (Å²) in [5, 5.41) is 2.80. The van der Waals surface area contributed by atoms with Crippen LogP contribution in [-0.2, 0) is 4.79 Å². The van der Waals surface area contributed by atoms with Crippen molar-refractivity contribution in [1.82, 2.24) is 0 Å². The Morgan fingerprint density at radius 1 is 1.16 bits per heavy atom. The molecule has 1 fully saturated rings. The lowest BCUT2D eigenvalue weighted by Crippen LogP contribution is -2.28. The van der Waals surface area contributed by atoms with E-state index in [9.17, 15) is 13.6 Å². The molecule has 25 heavy (non-hydrogen) atoms. The first-order valence-corrected chi connectivity index (χ1v) is 8.29. The van der Waals surface area contributed by atoms with Gasteiger partial charge in [-0.15, -0.1) is 0 Å². The maximum Gasteiger partial charge on any atom is 0.224 e. The second kappa shape index (κ2) is 7.61. The van der Waals surface area contributed by atoms with Crippen molar-refractivity contribution >= 4 is 11.6 Å². The minimum absolute atomic E-state index is 0.0250. The average molecular weight is 346 g/mol. The highest BCUT2D eigenvalue weighted by Gasteiger charge is 2.26. The van der Waals surface area contributed by atoms with E-state index in [1.807, 2.05) is 0 Å². The molecule has 6 heteroatoms. The molecule has 0 aromatic heterocycles. The molecule has 2 aromatic rings. The first-order chi connectivity index (χ1) is 12.0. The van der Waals surface area contributed by atoms with E-state index in [1.54, 1.807) is 24.3 Å². The molecule has 0 saturated heterocycles. The first kappa shape index (κ1) is 17.4. The number of hydrogen-bond acceptors (Lipinski definition) is 3. The van der Waals surface area contributed by atoms with Crippen molar-refractivity contribution in [2.24, 2.45) is 11.7 Å². The van der Waals surface area contributed by atoms with E-state index in [0.717, 1.165) is 37.5 Å². The molecule has 2 atom stereocenters. The lowest BCUT2D eigenvalue weighted by Gasteiger charge is -2.16. The Bertz CT molecular complexity index is 747. The van der Waals surface area contributed by atoms with Crippen molar-refractivity contribution in [3.63, 3.8) is 0 Å². The number of ether oxygens (including phenoxy) is 1. The topological polar surface area (TPSA) is 64.4 Å². The van der Waals surface area contributed by atoms with Gasteiger partial charge in [0.2, 0.25) is 5.91 Å². The molecule has 0 radical (unpaired) electrons. The monoisotopic (exact) mass is 346 g/mol. The number of halogens is 2. The summed E-state index contributed by atoms with van der Waals surface area (Å²) in [5.41, 5.74) is 6.45. The van der Waals surface area contributed by atoms with Crippen LogP contribution in [0.4, 0.5) is 14.5 Å². The Balaban J connectivity index is 1.71. The van der Waals surface area contributed by atoms with Gasteiger partial charge in [-0.2, -0.15) is 0 Å². The second-order valence-electron chi connectivity index (χ2n) is 6.31. The largest absolute Gasteiger partial charge is 0.455 e. The zero-order valence-corrected chi connectivity index (χ0v) is 13.7. The van der Waals surface area contributed by atoms with E-state index in [0.29, 0.717) is 17.9 Å². The van der Waals surface area contributed by atoms with E-state index in [1.165, 1.54) is 0 Å². The number of anilines is 1. The number of amides is 1. The van der Waals surface area contributed by atoms with Gasteiger partial charge in [0.25, 0.3) is 0 Å². The molecule has 0 spiro atoms. The average Bonchev–Trinajstić information content (AvgIpc) is 2.93. The number of carbonyl (C=O) groups is 1. The third kappa shape index (κ3) is 4.54. The minimum atomic E-state index is -0.730. The molecule has 0 aliphatic heterocycles. The molecule has 1 saturated carbocycles. The van der Waals surface area contributed by atoms with Crippen LogP contribution in [0.25, 0.3) is 0 Å². The first-order valence-electron chi connectivity index (χ1n) is 8.29. The third-order valence-electron chi connectivity index (χ3n) is 4.39. The van der Waals surface area contributed by atoms with Gasteiger partial charge in [-0.25, -0.2) is 8.78 Å². The molecule has 1 amide bonds. The molecule has 3 N–H and O–H groups in total. The smallest absolute Gasteiger partial charge is 0.224 e. The van der Waals surface area contributed by atoms with E-state index in [2.05, 4.69) is 5.32 Å². The van der Waals surface area contributed by atoms with Gasteiger partial charge in [0.1, 0.15) is 17.4 Å². The maximum atomic E-state index is 13.3. The summed E-state index contributed by atoms with van der Waals surface area (Å²) in [6.07, 6.45) is 3.30. The standard InChI is InChI=1S/C19H20F2N2O2/c20-13-9-14(21)11-15(10-13)25-18-7-2-1-6-17(18)23-19(24)8-12-4-3-5-16(12)22/h1-2,6-7,9-12,16H,3-5,8,22H2,(H,23,24)/t12-,16+/m0/s1. The molecular weight excluding hydrogens is 326 g/mol. The van der Waals surface area contributed by atoms with Crippen LogP contribution in [-0.4, -0.2) is 11.9 Å². The van der Waals surface area contributed by atoms with Crippen LogP contribution in [0.2, 0.25) is 0 Å². The predicted molar refractivity (Wildman–Crippen MR) is 91.4 cm³/mol. The molecule has 2 aromatic carbocycles. The third-order valence-corrected chi connectivity index (χ3v) is 4.39. The lowest BCUT2D eigenvalue weighted by atomic mass is 10.00. The number of hydrogen-bond donors (Lipinski definition) is 2. The Morgan fingerprint density at radius 2 is 1.88 bits per heavy atom. The summed E-state index contributed by atoms with van der Waals surface area (Å²) in [6.45, 7) is 0. The lowest BCUT2D eigenvalue weighted by molar-refractivity contribution is -0.117. The molecule has 3 rings (SSSR count). The number of nitrogens with one attached hydrogen (secondary N) is 1. The van der Waals surface area contributed by atoms with E-state index >= 15 is 0 Å². The summed E-state index contributed by atoms with van der Waals surface area (Å²) in [7, 11) is 0. The van der Waals surface area contributed by atoms with Gasteiger partial charge < -0.3 is 15.8 Å². The number of benzene rings is 2. The van der Waals surface area contributed by atoms with Gasteiger partial charge in [0, 0.05) is 30.7 Å². The normalized spacial score (nSPS) is 19.6. The van der Waals surface area contributed by atoms with Crippen molar-refractivity contribution in [1.29, 1.82) is 0 Å². The molecular formula is C19H20F2N2O2. The summed E-state index contributed by atoms with van der Waals surface area (Å²) in [5.74, 6) is -1.08. The fraction of sp³-hybridized carbons (Fsp3) is 0.316. The van der Waals surface area contributed by atoms with Gasteiger partial charge in [-0.05, 0) is 30.9 Å². The van der Waals surface area contributed by atoms with Crippen LogP contribution in [0.15, 0.2) is 42.5 Å². The van der Waals surface area contributed by atoms with E-state index < -0.39 is 11.6 Å². The molecule has 4 nitrogen and oxygen atoms in total. The van der Waals surface area contributed by atoms with Gasteiger partial charge in [0.15, 0.2) is 5.75 Å². The van der Waals surface area contributed by atoms with Gasteiger partial charge in [-0.3, -0.25) is 4.79 Å². The fourth-order valence-electron chi connectivity index (χ4n) is 3.13. The highest BCUT2D eigenvalue weighted by molar-refractivity contribution is 5.92. The van der Waals surface area contributed by atoms with Crippen LogP contribution < -0.4 is 15.8 Å². The van der Waals surface area contributed by atoms with Crippen molar-refractivity contribution in [2.75, 3.05) is 5.32 Å². The van der Waals surface area contributed by atoms with Crippen LogP contribution in [0.5, 0.6) is 11.5 Å². The van der Waals surface area contributed by atoms with Gasteiger partial charge >= 0.3 is 0 Å². The number of para-hydroxylation sites is 2. The SMILES string of the molecule is N[C@@H]1CCC[C@H]1CC(=O)Nc1ccccc1Oc1cc(F)cc(F)c1. The highest BCUT2D eigenvalue weighted by atomic mass is 19.1. The Kier molecular flexibility index (Phi) is 5.28. The summed E-state index contributed by atoms with van der Waals surface area (Å²) in [4.78, 5) is 12.3. The minimum Gasteiger partial charge on any atom is -0.455 e. The summed E-state index contributed by atoms with van der Waals surface area (Å²) >= 11 is 0. The van der Waals surface area contributed by atoms with Gasteiger partial charge in [-0.1, -0.05) is 18.6 Å². The quantitative estimate of drug-likeness (QED) is 0.852. The molecule has 0 bridgehead atoms. The highest BCUT2D eigenvalue weighted by Crippen LogP contribution is 2.31. The Hall–Kier alpha value is -2.47. The van der Waals surface area contributed by atoms with Crippen LogP contribution in [0, 0.1) is 17.6 Å². The van der Waals surface area contributed by atoms with E-state index in [4.69, 9.17) is 10.5 Å². The summed E-state index contributed by atoms with van der Waals surface area (Å²) in [6, 6.07) is 9.76. The Morgan fingerprint density at radius 3 is 2.56 bits per heavy atom. The second-order valence-corrected chi connectivity index (χ2v) is 6.31. The van der Waals surface area contributed by atoms with Gasteiger partial charge in [0.05, 0.1) is 5.69 Å². The Labute approximate surface area is 145 Å². The fourth-order valence-corrected chi connectivity index (χ4v) is 3.13. The van der Waals surface area contributed by atoms with Crippen molar-refractivity contribution < 1.29 is 18.3 Å².